The van der Waals surface area contributed by atoms with Gasteiger partial charge in [0.25, 0.3) is 0 Å². The highest BCUT2D eigenvalue weighted by Crippen LogP contribution is 2.23. The first kappa shape index (κ1) is 23.8. The van der Waals surface area contributed by atoms with Gasteiger partial charge in [0.1, 0.15) is 5.75 Å². The van der Waals surface area contributed by atoms with Crippen molar-refractivity contribution < 1.29 is 22.6 Å². The van der Waals surface area contributed by atoms with Gasteiger partial charge >= 0.3 is 6.18 Å². The predicted molar refractivity (Wildman–Crippen MR) is 110 cm³/mol. The maximum atomic E-state index is 12.4. The molecule has 0 saturated carbocycles. The van der Waals surface area contributed by atoms with Gasteiger partial charge in [-0.25, -0.2) is 0 Å². The maximum Gasteiger partial charge on any atom is 0.422 e. The lowest BCUT2D eigenvalue weighted by molar-refractivity contribution is -0.153. The first-order valence-corrected chi connectivity index (χ1v) is 8.72. The minimum Gasteiger partial charge on any atom is -0.484 e. The Bertz CT molecular complexity index is 606. The first-order chi connectivity index (χ1) is 12.4. The fourth-order valence-corrected chi connectivity index (χ4v) is 2.72. The van der Waals surface area contributed by atoms with E-state index in [2.05, 4.69) is 15.6 Å². The molecule has 1 aromatic rings. The second kappa shape index (κ2) is 11.6. The summed E-state index contributed by atoms with van der Waals surface area (Å²) >= 11 is 0. The Kier molecular flexibility index (Phi) is 10.2. The van der Waals surface area contributed by atoms with Crippen LogP contribution in [0.5, 0.6) is 5.75 Å². The van der Waals surface area contributed by atoms with Gasteiger partial charge in [0.05, 0.1) is 6.10 Å². The van der Waals surface area contributed by atoms with Crippen molar-refractivity contribution in [2.24, 2.45) is 4.99 Å². The van der Waals surface area contributed by atoms with Crippen molar-refractivity contribution in [1.82, 2.24) is 10.6 Å². The van der Waals surface area contributed by atoms with E-state index < -0.39 is 12.8 Å². The minimum absolute atomic E-state index is 0. The topological polar surface area (TPSA) is 54.9 Å². The lowest BCUT2D eigenvalue weighted by Crippen LogP contribution is -2.38. The molecule has 5 nitrogen and oxygen atoms in total. The third kappa shape index (κ3) is 9.00. The standard InChI is InChI=1S/C18H26F3N3O2.HI/c1-13-5-6-14(16(10-13)26-12-18(19,20)21)11-24-17(22-2)23-8-7-15-4-3-9-25-15;/h5-6,10,15H,3-4,7-9,11-12H2,1-2H3,(H2,22,23,24);1H. The highest BCUT2D eigenvalue weighted by atomic mass is 127. The molecule has 0 bridgehead atoms. The molecule has 0 aliphatic carbocycles. The Morgan fingerprint density at radius 3 is 2.74 bits per heavy atom. The van der Waals surface area contributed by atoms with E-state index in [9.17, 15) is 13.2 Å². The maximum absolute atomic E-state index is 12.4. The number of aliphatic imine (C=N–C) groups is 1. The molecule has 0 aromatic heterocycles. The Balaban J connectivity index is 0.00000364. The number of nitrogens with one attached hydrogen (secondary N) is 2. The number of hydrogen-bond donors (Lipinski definition) is 2. The Hall–Kier alpha value is -1.23. The smallest absolute Gasteiger partial charge is 0.422 e. The second-order valence-electron chi connectivity index (χ2n) is 6.29. The van der Waals surface area contributed by atoms with E-state index in [0.717, 1.165) is 38.0 Å². The molecule has 1 aliphatic heterocycles. The fraction of sp³-hybridized carbons (Fsp3) is 0.611. The van der Waals surface area contributed by atoms with Gasteiger partial charge in [0, 0.05) is 32.3 Å². The highest BCUT2D eigenvalue weighted by molar-refractivity contribution is 14.0. The molecule has 2 N–H and O–H groups in total. The summed E-state index contributed by atoms with van der Waals surface area (Å²) in [5, 5.41) is 6.30. The van der Waals surface area contributed by atoms with E-state index >= 15 is 0 Å². The highest BCUT2D eigenvalue weighted by Gasteiger charge is 2.28. The molecule has 1 atom stereocenters. The van der Waals surface area contributed by atoms with Crippen LogP contribution in [-0.4, -0.2) is 45.0 Å². The van der Waals surface area contributed by atoms with Crippen LogP contribution in [0.4, 0.5) is 13.2 Å². The van der Waals surface area contributed by atoms with E-state index in [0.29, 0.717) is 24.2 Å². The van der Waals surface area contributed by atoms with Crippen molar-refractivity contribution in [3.8, 4) is 5.75 Å². The number of ether oxygens (including phenoxy) is 2. The van der Waals surface area contributed by atoms with Crippen LogP contribution in [-0.2, 0) is 11.3 Å². The second-order valence-corrected chi connectivity index (χ2v) is 6.29. The van der Waals surface area contributed by atoms with Crippen LogP contribution < -0.4 is 15.4 Å². The molecule has 27 heavy (non-hydrogen) atoms. The molecule has 9 heteroatoms. The van der Waals surface area contributed by atoms with Crippen LogP contribution in [0.2, 0.25) is 0 Å². The Morgan fingerprint density at radius 1 is 1.33 bits per heavy atom. The SMILES string of the molecule is CN=C(NCCC1CCCO1)NCc1ccc(C)cc1OCC(F)(F)F.I. The molecule has 2 rings (SSSR count). The van der Waals surface area contributed by atoms with Gasteiger partial charge in [0.15, 0.2) is 12.6 Å². The summed E-state index contributed by atoms with van der Waals surface area (Å²) in [6.45, 7) is 2.36. The first-order valence-electron chi connectivity index (χ1n) is 8.72. The summed E-state index contributed by atoms with van der Waals surface area (Å²) in [6.07, 6.45) is -0.998. The van der Waals surface area contributed by atoms with Crippen molar-refractivity contribution in [1.29, 1.82) is 0 Å². The predicted octanol–water partition coefficient (Wildman–Crippen LogP) is 3.79. The van der Waals surface area contributed by atoms with Crippen molar-refractivity contribution in [2.75, 3.05) is 26.8 Å². The van der Waals surface area contributed by atoms with Crippen molar-refractivity contribution in [3.63, 3.8) is 0 Å². The molecular formula is C18H27F3IN3O2. The summed E-state index contributed by atoms with van der Waals surface area (Å²) in [6, 6.07) is 5.20. The largest absolute Gasteiger partial charge is 0.484 e. The van der Waals surface area contributed by atoms with Crippen molar-refractivity contribution in [3.05, 3.63) is 29.3 Å². The average molecular weight is 501 g/mol. The summed E-state index contributed by atoms with van der Waals surface area (Å²) in [4.78, 5) is 4.13. The number of aryl methyl sites for hydroxylation is 1. The molecule has 0 amide bonds. The molecule has 1 aliphatic rings. The zero-order chi connectivity index (χ0) is 19.0. The molecule has 1 aromatic carbocycles. The van der Waals surface area contributed by atoms with Crippen LogP contribution in [0.1, 0.15) is 30.4 Å². The Morgan fingerprint density at radius 2 is 2.11 bits per heavy atom. The van der Waals surface area contributed by atoms with E-state index in [-0.39, 0.29) is 29.7 Å². The third-order valence-corrected chi connectivity index (χ3v) is 4.07. The molecule has 154 valence electrons. The number of alkyl halides is 3. The van der Waals surface area contributed by atoms with Gasteiger partial charge < -0.3 is 20.1 Å². The number of halogens is 4. The van der Waals surface area contributed by atoms with Crippen LogP contribution in [0, 0.1) is 6.92 Å². The van der Waals surface area contributed by atoms with Crippen LogP contribution in [0.3, 0.4) is 0 Å². The van der Waals surface area contributed by atoms with Gasteiger partial charge in [-0.05, 0) is 37.8 Å². The quantitative estimate of drug-likeness (QED) is 0.339. The summed E-state index contributed by atoms with van der Waals surface area (Å²) in [5.41, 5.74) is 1.48. The lowest BCUT2D eigenvalue weighted by Gasteiger charge is -2.17. The van der Waals surface area contributed by atoms with Gasteiger partial charge in [-0.1, -0.05) is 12.1 Å². The van der Waals surface area contributed by atoms with E-state index in [1.807, 2.05) is 13.0 Å². The number of guanidine groups is 1. The zero-order valence-corrected chi connectivity index (χ0v) is 17.9. The van der Waals surface area contributed by atoms with E-state index in [4.69, 9.17) is 9.47 Å². The molecular weight excluding hydrogens is 474 g/mol. The van der Waals surface area contributed by atoms with Gasteiger partial charge in [-0.2, -0.15) is 13.2 Å². The van der Waals surface area contributed by atoms with E-state index in [1.54, 1.807) is 19.2 Å². The minimum atomic E-state index is -4.37. The lowest BCUT2D eigenvalue weighted by atomic mass is 10.1. The molecule has 1 heterocycles. The zero-order valence-electron chi connectivity index (χ0n) is 15.6. The average Bonchev–Trinajstić information content (AvgIpc) is 3.10. The normalized spacial score (nSPS) is 17.4. The van der Waals surface area contributed by atoms with Gasteiger partial charge in [-0.15, -0.1) is 24.0 Å². The molecule has 0 radical (unpaired) electrons. The molecule has 1 unspecified atom stereocenters. The van der Waals surface area contributed by atoms with Crippen molar-refractivity contribution in [2.45, 2.75) is 45.0 Å². The van der Waals surface area contributed by atoms with Crippen LogP contribution in [0.15, 0.2) is 23.2 Å². The number of nitrogens with zero attached hydrogens (tertiary/aromatic N) is 1. The molecule has 1 saturated heterocycles. The summed E-state index contributed by atoms with van der Waals surface area (Å²) < 4.78 is 47.8. The van der Waals surface area contributed by atoms with E-state index in [1.165, 1.54) is 0 Å². The van der Waals surface area contributed by atoms with Crippen LogP contribution >= 0.6 is 24.0 Å². The number of benzene rings is 1. The fourth-order valence-electron chi connectivity index (χ4n) is 2.72. The van der Waals surface area contributed by atoms with Crippen molar-refractivity contribution >= 4 is 29.9 Å². The number of rotatable bonds is 7. The van der Waals surface area contributed by atoms with Gasteiger partial charge in [0.2, 0.25) is 0 Å². The monoisotopic (exact) mass is 501 g/mol. The Labute approximate surface area is 175 Å². The third-order valence-electron chi connectivity index (χ3n) is 4.07. The summed E-state index contributed by atoms with van der Waals surface area (Å²) in [7, 11) is 1.65. The molecule has 1 fully saturated rings. The number of hydrogen-bond acceptors (Lipinski definition) is 3. The van der Waals surface area contributed by atoms with Gasteiger partial charge in [-0.3, -0.25) is 4.99 Å². The summed E-state index contributed by atoms with van der Waals surface area (Å²) in [5.74, 6) is 0.815. The molecule has 0 spiro atoms. The van der Waals surface area contributed by atoms with Crippen LogP contribution in [0.25, 0.3) is 0 Å².